The zero-order chi connectivity index (χ0) is 12.3. The van der Waals surface area contributed by atoms with E-state index in [1.807, 2.05) is 6.07 Å². The van der Waals surface area contributed by atoms with Gasteiger partial charge < -0.3 is 5.11 Å². The van der Waals surface area contributed by atoms with Gasteiger partial charge in [0.2, 0.25) is 0 Å². The molecule has 0 fully saturated rings. The number of aliphatic hydroxyl groups is 1. The van der Waals surface area contributed by atoms with Gasteiger partial charge in [-0.15, -0.1) is 0 Å². The van der Waals surface area contributed by atoms with Crippen molar-refractivity contribution in [2.75, 3.05) is 0 Å². The van der Waals surface area contributed by atoms with Crippen molar-refractivity contribution in [2.45, 2.75) is 12.5 Å². The number of aliphatic hydroxyl groups excluding tert-OH is 1. The van der Waals surface area contributed by atoms with Crippen molar-refractivity contribution >= 4 is 15.9 Å². The van der Waals surface area contributed by atoms with Crippen molar-refractivity contribution in [2.24, 2.45) is 0 Å². The molecular weight excluding hydrogens is 287 g/mol. The molecule has 1 N–H and O–H groups in total. The van der Waals surface area contributed by atoms with Gasteiger partial charge in [0, 0.05) is 34.5 Å². The summed E-state index contributed by atoms with van der Waals surface area (Å²) in [5.74, 6) is -0.453. The summed E-state index contributed by atoms with van der Waals surface area (Å²) in [6.07, 6.45) is 3.75. The second-order valence-electron chi connectivity index (χ2n) is 3.62. The summed E-state index contributed by atoms with van der Waals surface area (Å²) < 4.78 is 13.8. The largest absolute Gasteiger partial charge is 0.388 e. The average Bonchev–Trinajstić information content (AvgIpc) is 2.32. The Hall–Kier alpha value is -1.33. The summed E-state index contributed by atoms with van der Waals surface area (Å²) in [5.41, 5.74) is 1.19. The van der Waals surface area contributed by atoms with Crippen LogP contribution in [0.4, 0.5) is 4.39 Å². The number of hydrogen-bond acceptors (Lipinski definition) is 3. The monoisotopic (exact) mass is 296 g/mol. The second-order valence-corrected chi connectivity index (χ2v) is 4.54. The lowest BCUT2D eigenvalue weighted by atomic mass is 10.1. The van der Waals surface area contributed by atoms with E-state index in [-0.39, 0.29) is 0 Å². The van der Waals surface area contributed by atoms with Crippen molar-refractivity contribution in [1.82, 2.24) is 9.97 Å². The number of hydrogen-bond donors (Lipinski definition) is 1. The predicted octanol–water partition coefficient (Wildman–Crippen LogP) is 2.65. The van der Waals surface area contributed by atoms with Crippen molar-refractivity contribution < 1.29 is 9.50 Å². The van der Waals surface area contributed by atoms with Crippen molar-refractivity contribution in [3.05, 3.63) is 58.3 Å². The fourth-order valence-electron chi connectivity index (χ4n) is 1.45. The van der Waals surface area contributed by atoms with Crippen LogP contribution in [0.3, 0.4) is 0 Å². The number of aromatic nitrogens is 2. The van der Waals surface area contributed by atoms with Gasteiger partial charge in [-0.25, -0.2) is 4.39 Å². The first kappa shape index (κ1) is 12.1. The highest BCUT2D eigenvalue weighted by Crippen LogP contribution is 2.18. The Bertz CT molecular complexity index is 504. The van der Waals surface area contributed by atoms with Gasteiger partial charge in [0.05, 0.1) is 12.3 Å². The van der Waals surface area contributed by atoms with Gasteiger partial charge in [0.25, 0.3) is 0 Å². The van der Waals surface area contributed by atoms with Crippen LogP contribution in [0.2, 0.25) is 0 Å². The minimum atomic E-state index is -0.799. The molecule has 0 radical (unpaired) electrons. The van der Waals surface area contributed by atoms with E-state index in [0.29, 0.717) is 12.0 Å². The molecule has 0 saturated carbocycles. The summed E-state index contributed by atoms with van der Waals surface area (Å²) in [4.78, 5) is 7.84. The van der Waals surface area contributed by atoms with Crippen LogP contribution in [-0.4, -0.2) is 15.1 Å². The average molecular weight is 297 g/mol. The highest BCUT2D eigenvalue weighted by atomic mass is 79.9. The molecule has 2 rings (SSSR count). The standard InChI is InChI=1S/C12H10BrFN2O/c13-9-1-2-11(16-6-9)4-12(17)8-3-10(14)7-15-5-8/h1-3,5-7,12,17H,4H2. The summed E-state index contributed by atoms with van der Waals surface area (Å²) in [6, 6.07) is 4.93. The molecule has 0 spiro atoms. The molecule has 0 aliphatic carbocycles. The fourth-order valence-corrected chi connectivity index (χ4v) is 1.69. The predicted molar refractivity (Wildman–Crippen MR) is 64.8 cm³/mol. The van der Waals surface area contributed by atoms with Gasteiger partial charge in [-0.2, -0.15) is 0 Å². The fraction of sp³-hybridized carbons (Fsp3) is 0.167. The van der Waals surface area contributed by atoms with Crippen LogP contribution in [-0.2, 0) is 6.42 Å². The lowest BCUT2D eigenvalue weighted by molar-refractivity contribution is 0.176. The molecule has 0 saturated heterocycles. The first-order chi connectivity index (χ1) is 8.15. The van der Waals surface area contributed by atoms with Gasteiger partial charge >= 0.3 is 0 Å². The Morgan fingerprint density at radius 3 is 2.76 bits per heavy atom. The summed E-state index contributed by atoms with van der Waals surface area (Å²) in [5, 5.41) is 9.91. The van der Waals surface area contributed by atoms with E-state index >= 15 is 0 Å². The van der Waals surface area contributed by atoms with Crippen LogP contribution in [0.25, 0.3) is 0 Å². The zero-order valence-corrected chi connectivity index (χ0v) is 10.4. The quantitative estimate of drug-likeness (QED) is 0.947. The molecule has 0 aliphatic heterocycles. The number of pyridine rings is 2. The molecule has 0 amide bonds. The third kappa shape index (κ3) is 3.31. The topological polar surface area (TPSA) is 46.0 Å². The molecule has 0 bridgehead atoms. The van der Waals surface area contributed by atoms with Crippen LogP contribution in [0.15, 0.2) is 41.3 Å². The molecule has 88 valence electrons. The van der Waals surface area contributed by atoms with E-state index in [2.05, 4.69) is 25.9 Å². The molecule has 3 nitrogen and oxygen atoms in total. The van der Waals surface area contributed by atoms with Crippen LogP contribution in [0.1, 0.15) is 17.4 Å². The van der Waals surface area contributed by atoms with E-state index < -0.39 is 11.9 Å². The maximum absolute atomic E-state index is 12.9. The maximum atomic E-state index is 12.9. The molecule has 2 aromatic rings. The Morgan fingerprint density at radius 1 is 1.29 bits per heavy atom. The minimum absolute atomic E-state index is 0.332. The third-order valence-electron chi connectivity index (χ3n) is 2.30. The Kier molecular flexibility index (Phi) is 3.81. The third-order valence-corrected chi connectivity index (χ3v) is 2.77. The van der Waals surface area contributed by atoms with Crippen molar-refractivity contribution in [3.8, 4) is 0 Å². The lowest BCUT2D eigenvalue weighted by Crippen LogP contribution is -2.04. The normalized spacial score (nSPS) is 12.4. The first-order valence-corrected chi connectivity index (χ1v) is 5.83. The Balaban J connectivity index is 2.11. The number of nitrogens with zero attached hydrogens (tertiary/aromatic N) is 2. The molecule has 2 heterocycles. The van der Waals surface area contributed by atoms with E-state index in [1.54, 1.807) is 12.3 Å². The molecule has 2 aromatic heterocycles. The van der Waals surface area contributed by atoms with Gasteiger partial charge in [0.15, 0.2) is 0 Å². The first-order valence-electron chi connectivity index (χ1n) is 5.04. The SMILES string of the molecule is OC(Cc1ccc(Br)cn1)c1cncc(F)c1. The molecule has 1 unspecified atom stereocenters. The van der Waals surface area contributed by atoms with E-state index in [1.165, 1.54) is 12.3 Å². The molecule has 1 atom stereocenters. The summed E-state index contributed by atoms with van der Waals surface area (Å²) in [7, 11) is 0. The van der Waals surface area contributed by atoms with Crippen LogP contribution in [0.5, 0.6) is 0 Å². The van der Waals surface area contributed by atoms with Gasteiger partial charge in [-0.05, 0) is 34.1 Å². The lowest BCUT2D eigenvalue weighted by Gasteiger charge is -2.09. The molecular formula is C12H10BrFN2O. The molecule has 0 aliphatic rings. The van der Waals surface area contributed by atoms with E-state index in [4.69, 9.17) is 0 Å². The summed E-state index contributed by atoms with van der Waals surface area (Å²) in [6.45, 7) is 0. The van der Waals surface area contributed by atoms with Crippen LogP contribution in [0, 0.1) is 5.82 Å². The van der Waals surface area contributed by atoms with Crippen molar-refractivity contribution in [1.29, 1.82) is 0 Å². The summed E-state index contributed by atoms with van der Waals surface area (Å²) >= 11 is 3.28. The van der Waals surface area contributed by atoms with Gasteiger partial charge in [-0.1, -0.05) is 0 Å². The van der Waals surface area contributed by atoms with Crippen LogP contribution < -0.4 is 0 Å². The second kappa shape index (κ2) is 5.33. The Morgan fingerprint density at radius 2 is 2.12 bits per heavy atom. The molecule has 17 heavy (non-hydrogen) atoms. The number of rotatable bonds is 3. The van der Waals surface area contributed by atoms with Gasteiger partial charge in [-0.3, -0.25) is 9.97 Å². The van der Waals surface area contributed by atoms with Crippen LogP contribution >= 0.6 is 15.9 Å². The highest BCUT2D eigenvalue weighted by Gasteiger charge is 2.10. The van der Waals surface area contributed by atoms with E-state index in [9.17, 15) is 9.50 Å². The zero-order valence-electron chi connectivity index (χ0n) is 8.85. The minimum Gasteiger partial charge on any atom is -0.388 e. The maximum Gasteiger partial charge on any atom is 0.141 e. The van der Waals surface area contributed by atoms with Gasteiger partial charge in [0.1, 0.15) is 5.82 Å². The smallest absolute Gasteiger partial charge is 0.141 e. The highest BCUT2D eigenvalue weighted by molar-refractivity contribution is 9.10. The number of halogens is 2. The molecule has 5 heteroatoms. The Labute approximate surface area is 106 Å². The molecule has 0 aromatic carbocycles. The van der Waals surface area contributed by atoms with Crippen molar-refractivity contribution in [3.63, 3.8) is 0 Å². The van der Waals surface area contributed by atoms with E-state index in [0.717, 1.165) is 16.4 Å².